The third kappa shape index (κ3) is 5.32. The lowest BCUT2D eigenvalue weighted by Gasteiger charge is -2.18. The molecule has 0 aliphatic rings. The van der Waals surface area contributed by atoms with E-state index >= 15 is 0 Å². The molecule has 150 valence electrons. The molecule has 0 aliphatic carbocycles. The molecule has 7 nitrogen and oxygen atoms in total. The number of hydrogen-bond donors (Lipinski definition) is 1. The van der Waals surface area contributed by atoms with E-state index in [4.69, 9.17) is 11.6 Å². The largest absolute Gasteiger partial charge is 0.332 e. The van der Waals surface area contributed by atoms with E-state index in [2.05, 4.69) is 21.2 Å². The first-order chi connectivity index (χ1) is 13.0. The van der Waals surface area contributed by atoms with Crippen molar-refractivity contribution in [1.29, 1.82) is 0 Å². The molecule has 0 aliphatic heterocycles. The van der Waals surface area contributed by atoms with Crippen LogP contribution in [0.4, 0.5) is 5.69 Å². The van der Waals surface area contributed by atoms with Crippen LogP contribution in [0, 0.1) is 0 Å². The van der Waals surface area contributed by atoms with Gasteiger partial charge in [0.05, 0.1) is 11.4 Å². The number of hydrogen-bond acceptors (Lipinski definition) is 4. The number of nitrogens with zero attached hydrogens (tertiary/aromatic N) is 2. The number of amides is 2. The Morgan fingerprint density at radius 1 is 1.11 bits per heavy atom. The molecule has 0 unspecified atom stereocenters. The van der Waals surface area contributed by atoms with E-state index in [0.717, 1.165) is 4.31 Å². The van der Waals surface area contributed by atoms with E-state index < -0.39 is 21.8 Å². The van der Waals surface area contributed by atoms with Crippen molar-refractivity contribution < 1.29 is 18.0 Å². The maximum absolute atomic E-state index is 12.6. The number of rotatable bonds is 6. The van der Waals surface area contributed by atoms with Gasteiger partial charge in [-0.25, -0.2) is 12.7 Å². The molecule has 0 atom stereocenters. The number of halogens is 2. The molecule has 0 saturated carbocycles. The normalized spacial score (nSPS) is 11.4. The van der Waals surface area contributed by atoms with Crippen LogP contribution in [0.2, 0.25) is 5.02 Å². The molecule has 28 heavy (non-hydrogen) atoms. The minimum Gasteiger partial charge on any atom is -0.332 e. The Bertz CT molecular complexity index is 1010. The molecular weight excluding hydrogens is 470 g/mol. The van der Waals surface area contributed by atoms with Gasteiger partial charge in [-0.3, -0.25) is 9.59 Å². The Balaban J connectivity index is 2.16. The lowest BCUT2D eigenvalue weighted by Crippen LogP contribution is -2.35. The lowest BCUT2D eigenvalue weighted by atomic mass is 10.2. The van der Waals surface area contributed by atoms with Gasteiger partial charge in [0.1, 0.15) is 0 Å². The summed E-state index contributed by atoms with van der Waals surface area (Å²) in [5.74, 6) is -0.889. The Morgan fingerprint density at radius 3 is 2.39 bits per heavy atom. The van der Waals surface area contributed by atoms with Crippen molar-refractivity contribution in [1.82, 2.24) is 9.21 Å². The van der Waals surface area contributed by atoms with Crippen LogP contribution in [0.1, 0.15) is 10.4 Å². The Morgan fingerprint density at radius 2 is 1.79 bits per heavy atom. The minimum absolute atomic E-state index is 0.0277. The van der Waals surface area contributed by atoms with Crippen molar-refractivity contribution in [3.63, 3.8) is 0 Å². The standard InChI is InChI=1S/C18H19BrClN3O4S/c1-22(2)28(26,27)16-9-12(7-8-15(16)19)18(25)23(3)11-17(24)21-14-6-4-5-13(20)10-14/h4-10H,11H2,1-3H3,(H,21,24). The molecule has 0 spiro atoms. The first kappa shape index (κ1) is 22.4. The van der Waals surface area contributed by atoms with Crippen LogP contribution in [-0.2, 0) is 14.8 Å². The summed E-state index contributed by atoms with van der Waals surface area (Å²) in [4.78, 5) is 26.0. The van der Waals surface area contributed by atoms with Gasteiger partial charge in [0.25, 0.3) is 5.91 Å². The quantitative estimate of drug-likeness (QED) is 0.677. The van der Waals surface area contributed by atoms with Crippen LogP contribution < -0.4 is 5.32 Å². The van der Waals surface area contributed by atoms with Crippen molar-refractivity contribution >= 4 is 55.1 Å². The van der Waals surface area contributed by atoms with Crippen LogP contribution in [0.25, 0.3) is 0 Å². The fourth-order valence-corrected chi connectivity index (χ4v) is 4.34. The maximum atomic E-state index is 12.6. The molecule has 0 radical (unpaired) electrons. The second kappa shape index (κ2) is 9.04. The molecular formula is C18H19BrClN3O4S. The number of benzene rings is 2. The molecule has 0 heterocycles. The van der Waals surface area contributed by atoms with Crippen LogP contribution >= 0.6 is 27.5 Å². The van der Waals surface area contributed by atoms with Crippen molar-refractivity contribution in [3.8, 4) is 0 Å². The fourth-order valence-electron chi connectivity index (χ4n) is 2.31. The second-order valence-corrected chi connectivity index (χ2v) is 9.56. The number of anilines is 1. The number of sulfonamides is 1. The first-order valence-electron chi connectivity index (χ1n) is 8.05. The van der Waals surface area contributed by atoms with Gasteiger partial charge in [-0.15, -0.1) is 0 Å². The Hall–Kier alpha value is -1.94. The van der Waals surface area contributed by atoms with Crippen LogP contribution in [0.3, 0.4) is 0 Å². The van der Waals surface area contributed by atoms with E-state index in [1.54, 1.807) is 24.3 Å². The predicted octanol–water partition coefficient (Wildman–Crippen LogP) is 3.06. The van der Waals surface area contributed by atoms with Gasteiger partial charge >= 0.3 is 0 Å². The highest BCUT2D eigenvalue weighted by Crippen LogP contribution is 2.25. The smallest absolute Gasteiger partial charge is 0.254 e. The summed E-state index contributed by atoms with van der Waals surface area (Å²) in [6.07, 6.45) is 0. The van der Waals surface area contributed by atoms with Crippen molar-refractivity contribution in [2.75, 3.05) is 33.0 Å². The third-order valence-corrected chi connectivity index (χ3v) is 6.82. The number of carbonyl (C=O) groups is 2. The summed E-state index contributed by atoms with van der Waals surface area (Å²) in [5, 5.41) is 3.13. The van der Waals surface area contributed by atoms with Gasteiger partial charge in [-0.05, 0) is 52.3 Å². The van der Waals surface area contributed by atoms with E-state index in [0.29, 0.717) is 15.2 Å². The third-order valence-electron chi connectivity index (χ3n) is 3.77. The monoisotopic (exact) mass is 487 g/mol. The highest BCUT2D eigenvalue weighted by Gasteiger charge is 2.23. The van der Waals surface area contributed by atoms with Crippen LogP contribution in [0.5, 0.6) is 0 Å². The summed E-state index contributed by atoms with van der Waals surface area (Å²) < 4.78 is 26.2. The SMILES string of the molecule is CN(CC(=O)Nc1cccc(Cl)c1)C(=O)c1ccc(Br)c(S(=O)(=O)N(C)C)c1. The van der Waals surface area contributed by atoms with E-state index in [1.165, 1.54) is 44.2 Å². The number of nitrogens with one attached hydrogen (secondary N) is 1. The molecule has 0 bridgehead atoms. The van der Waals surface area contributed by atoms with E-state index in [-0.39, 0.29) is 17.0 Å². The van der Waals surface area contributed by atoms with Crippen molar-refractivity contribution in [2.45, 2.75) is 4.90 Å². The lowest BCUT2D eigenvalue weighted by molar-refractivity contribution is -0.116. The highest BCUT2D eigenvalue weighted by atomic mass is 79.9. The molecule has 0 aromatic heterocycles. The zero-order chi connectivity index (χ0) is 21.1. The van der Waals surface area contributed by atoms with E-state index in [1.807, 2.05) is 0 Å². The number of likely N-dealkylation sites (N-methyl/N-ethyl adjacent to an activating group) is 1. The Labute approximate surface area is 177 Å². The minimum atomic E-state index is -3.73. The molecule has 10 heteroatoms. The number of carbonyl (C=O) groups excluding carboxylic acids is 2. The maximum Gasteiger partial charge on any atom is 0.254 e. The molecule has 2 aromatic rings. The van der Waals surface area contributed by atoms with Crippen molar-refractivity contribution in [3.05, 3.63) is 57.5 Å². The van der Waals surface area contributed by atoms with Gasteiger partial charge in [0.2, 0.25) is 15.9 Å². The molecule has 2 amide bonds. The van der Waals surface area contributed by atoms with Crippen molar-refractivity contribution in [2.24, 2.45) is 0 Å². The average Bonchev–Trinajstić information content (AvgIpc) is 2.61. The summed E-state index contributed by atoms with van der Waals surface area (Å²) in [6.45, 7) is -0.211. The molecule has 2 aromatic carbocycles. The second-order valence-electron chi connectivity index (χ2n) is 6.15. The summed E-state index contributed by atoms with van der Waals surface area (Å²) in [7, 11) is 0.538. The molecule has 0 fully saturated rings. The van der Waals surface area contributed by atoms with E-state index in [9.17, 15) is 18.0 Å². The van der Waals surface area contributed by atoms with Gasteiger partial charge in [0.15, 0.2) is 0 Å². The van der Waals surface area contributed by atoms with Crippen LogP contribution in [0.15, 0.2) is 51.8 Å². The van der Waals surface area contributed by atoms with Gasteiger partial charge in [-0.2, -0.15) is 0 Å². The summed E-state index contributed by atoms with van der Waals surface area (Å²) in [6, 6.07) is 10.9. The topological polar surface area (TPSA) is 86.8 Å². The average molecular weight is 489 g/mol. The highest BCUT2D eigenvalue weighted by molar-refractivity contribution is 9.10. The zero-order valence-electron chi connectivity index (χ0n) is 15.4. The van der Waals surface area contributed by atoms with Gasteiger partial charge in [-0.1, -0.05) is 17.7 Å². The summed E-state index contributed by atoms with van der Waals surface area (Å²) >= 11 is 9.08. The van der Waals surface area contributed by atoms with Crippen LogP contribution in [-0.4, -0.2) is 57.1 Å². The predicted molar refractivity (Wildman–Crippen MR) is 112 cm³/mol. The molecule has 0 saturated heterocycles. The van der Waals surface area contributed by atoms with Gasteiger partial charge < -0.3 is 10.2 Å². The Kier molecular flexibility index (Phi) is 7.22. The zero-order valence-corrected chi connectivity index (χ0v) is 18.6. The summed E-state index contributed by atoms with van der Waals surface area (Å²) in [5.41, 5.74) is 0.669. The first-order valence-corrected chi connectivity index (χ1v) is 10.7. The fraction of sp³-hybridized carbons (Fsp3) is 0.222. The van der Waals surface area contributed by atoms with Gasteiger partial charge in [0, 0.05) is 41.9 Å². The molecule has 1 N–H and O–H groups in total. The molecule has 2 rings (SSSR count).